The Labute approximate surface area is 252 Å². The number of barbiturate groups is 1. The lowest BCUT2D eigenvalue weighted by Crippen LogP contribution is -2.54. The van der Waals surface area contributed by atoms with Gasteiger partial charge in [-0.1, -0.05) is 42.3 Å². The number of amides is 5. The van der Waals surface area contributed by atoms with Crippen molar-refractivity contribution >= 4 is 64.4 Å². The quantitative estimate of drug-likeness (QED) is 0.220. The maximum Gasteiger partial charge on any atom is 0.335 e. The molecule has 0 saturated carbocycles. The van der Waals surface area contributed by atoms with Gasteiger partial charge < -0.3 is 19.5 Å². The molecule has 1 fully saturated rings. The molecular weight excluding hydrogens is 585 g/mol. The standard InChI is InChI=1S/C30H27Cl2N3O7/c1-4-10-41-24-9-8-20(15-25(24)40-3)35-29(38)21(28(37)34-30(35)39)12-18-13-22(31)27(23(32)14-18)42-16-26(36)33-19-7-5-6-17(2)11-19/h5-9,11-15H,4,10,16H2,1-3H3,(H,33,36)(H,34,37,39)/b21-12-. The van der Waals surface area contributed by atoms with Crippen LogP contribution in [0.4, 0.5) is 16.2 Å². The van der Waals surface area contributed by atoms with E-state index in [4.69, 9.17) is 37.4 Å². The molecule has 0 aromatic heterocycles. The van der Waals surface area contributed by atoms with Crippen LogP contribution in [-0.2, 0) is 14.4 Å². The van der Waals surface area contributed by atoms with Gasteiger partial charge in [-0.05, 0) is 66.9 Å². The highest BCUT2D eigenvalue weighted by atomic mass is 35.5. The molecule has 0 bridgehead atoms. The number of benzene rings is 3. The van der Waals surface area contributed by atoms with Gasteiger partial charge in [0, 0.05) is 11.8 Å². The third-order valence-electron chi connectivity index (χ3n) is 5.95. The number of hydrogen-bond donors (Lipinski definition) is 2. The van der Waals surface area contributed by atoms with Gasteiger partial charge in [0.15, 0.2) is 23.9 Å². The van der Waals surface area contributed by atoms with Crippen molar-refractivity contribution < 1.29 is 33.4 Å². The number of carbonyl (C=O) groups is 4. The zero-order valence-corrected chi connectivity index (χ0v) is 24.5. The van der Waals surface area contributed by atoms with Crippen molar-refractivity contribution in [3.63, 3.8) is 0 Å². The Morgan fingerprint density at radius 1 is 1.00 bits per heavy atom. The Bertz CT molecular complexity index is 1570. The summed E-state index contributed by atoms with van der Waals surface area (Å²) in [7, 11) is 1.43. The number of aryl methyl sites for hydroxylation is 1. The first-order chi connectivity index (χ1) is 20.1. The molecule has 42 heavy (non-hydrogen) atoms. The molecule has 1 heterocycles. The lowest BCUT2D eigenvalue weighted by molar-refractivity contribution is -0.122. The Morgan fingerprint density at radius 2 is 1.74 bits per heavy atom. The Morgan fingerprint density at radius 3 is 2.40 bits per heavy atom. The molecule has 12 heteroatoms. The number of imide groups is 2. The summed E-state index contributed by atoms with van der Waals surface area (Å²) in [4.78, 5) is 51.8. The van der Waals surface area contributed by atoms with Crippen LogP contribution in [0.25, 0.3) is 6.08 Å². The van der Waals surface area contributed by atoms with Crippen molar-refractivity contribution in [1.82, 2.24) is 5.32 Å². The fourth-order valence-electron chi connectivity index (χ4n) is 4.04. The second-order valence-electron chi connectivity index (χ2n) is 9.16. The topological polar surface area (TPSA) is 123 Å². The summed E-state index contributed by atoms with van der Waals surface area (Å²) in [5, 5.41) is 4.97. The Kier molecular flexibility index (Phi) is 9.72. The highest BCUT2D eigenvalue weighted by Gasteiger charge is 2.37. The second-order valence-corrected chi connectivity index (χ2v) is 9.98. The fraction of sp³-hybridized carbons (Fsp3) is 0.200. The van der Waals surface area contributed by atoms with Crippen molar-refractivity contribution in [3.05, 3.63) is 81.3 Å². The summed E-state index contributed by atoms with van der Waals surface area (Å²) in [6.07, 6.45) is 2.03. The summed E-state index contributed by atoms with van der Waals surface area (Å²) < 4.78 is 16.5. The van der Waals surface area contributed by atoms with Gasteiger partial charge in [0.05, 0.1) is 29.4 Å². The van der Waals surface area contributed by atoms with E-state index in [1.54, 1.807) is 12.1 Å². The van der Waals surface area contributed by atoms with Crippen LogP contribution in [-0.4, -0.2) is 44.1 Å². The minimum atomic E-state index is -0.921. The number of rotatable bonds is 10. The van der Waals surface area contributed by atoms with Crippen molar-refractivity contribution in [3.8, 4) is 17.2 Å². The van der Waals surface area contributed by atoms with Gasteiger partial charge in [0.1, 0.15) is 5.57 Å². The molecule has 4 rings (SSSR count). The van der Waals surface area contributed by atoms with Gasteiger partial charge >= 0.3 is 6.03 Å². The highest BCUT2D eigenvalue weighted by Crippen LogP contribution is 2.36. The molecular formula is C30H27Cl2N3O7. The molecule has 218 valence electrons. The number of halogens is 2. The molecule has 1 saturated heterocycles. The molecule has 0 atom stereocenters. The number of methoxy groups -OCH3 is 1. The third kappa shape index (κ3) is 7.02. The van der Waals surface area contributed by atoms with E-state index >= 15 is 0 Å². The molecule has 3 aromatic rings. The molecule has 1 aliphatic heterocycles. The average Bonchev–Trinajstić information content (AvgIpc) is 2.94. The Hall–Kier alpha value is -4.54. The first-order valence-electron chi connectivity index (χ1n) is 12.8. The van der Waals surface area contributed by atoms with E-state index in [-0.39, 0.29) is 39.2 Å². The predicted molar refractivity (Wildman–Crippen MR) is 160 cm³/mol. The van der Waals surface area contributed by atoms with E-state index in [1.165, 1.54) is 37.5 Å². The SMILES string of the molecule is CCCOc1ccc(N2C(=O)NC(=O)/C(=C/c3cc(Cl)c(OCC(=O)Nc4cccc(C)c4)c(Cl)c3)C2=O)cc1OC. The summed E-state index contributed by atoms with van der Waals surface area (Å²) >= 11 is 12.8. The molecule has 5 amide bonds. The van der Waals surface area contributed by atoms with Crippen LogP contribution in [0.2, 0.25) is 10.0 Å². The van der Waals surface area contributed by atoms with E-state index in [2.05, 4.69) is 10.6 Å². The average molecular weight is 612 g/mol. The van der Waals surface area contributed by atoms with Crippen molar-refractivity contribution in [2.45, 2.75) is 20.3 Å². The first-order valence-corrected chi connectivity index (χ1v) is 13.6. The number of nitrogens with zero attached hydrogens (tertiary/aromatic N) is 1. The van der Waals surface area contributed by atoms with Crippen LogP contribution in [0.1, 0.15) is 24.5 Å². The van der Waals surface area contributed by atoms with Crippen LogP contribution in [0.15, 0.2) is 60.2 Å². The summed E-state index contributed by atoms with van der Waals surface area (Å²) in [5.41, 5.74) is 1.72. The molecule has 2 N–H and O–H groups in total. The smallest absolute Gasteiger partial charge is 0.335 e. The summed E-state index contributed by atoms with van der Waals surface area (Å²) in [6, 6.07) is 13.7. The monoisotopic (exact) mass is 611 g/mol. The zero-order valence-electron chi connectivity index (χ0n) is 23.0. The zero-order chi connectivity index (χ0) is 30.4. The van der Waals surface area contributed by atoms with Crippen LogP contribution in [0.3, 0.4) is 0 Å². The molecule has 0 unspecified atom stereocenters. The molecule has 0 spiro atoms. The summed E-state index contributed by atoms with van der Waals surface area (Å²) in [6.45, 7) is 3.95. The van der Waals surface area contributed by atoms with E-state index in [9.17, 15) is 19.2 Å². The van der Waals surface area contributed by atoms with Gasteiger partial charge in [-0.25, -0.2) is 9.69 Å². The molecule has 0 aliphatic carbocycles. The van der Waals surface area contributed by atoms with Crippen LogP contribution >= 0.6 is 23.2 Å². The minimum Gasteiger partial charge on any atom is -0.493 e. The van der Waals surface area contributed by atoms with Gasteiger partial charge in [-0.3, -0.25) is 19.7 Å². The van der Waals surface area contributed by atoms with E-state index in [1.807, 2.05) is 32.0 Å². The van der Waals surface area contributed by atoms with E-state index in [0.717, 1.165) is 16.9 Å². The number of carbonyl (C=O) groups excluding carboxylic acids is 4. The minimum absolute atomic E-state index is 0.0432. The predicted octanol–water partition coefficient (Wildman–Crippen LogP) is 5.78. The van der Waals surface area contributed by atoms with Gasteiger partial charge in [-0.2, -0.15) is 0 Å². The van der Waals surface area contributed by atoms with Crippen molar-refractivity contribution in [2.24, 2.45) is 0 Å². The van der Waals surface area contributed by atoms with Crippen molar-refractivity contribution in [1.29, 1.82) is 0 Å². The lowest BCUT2D eigenvalue weighted by atomic mass is 10.1. The third-order valence-corrected chi connectivity index (χ3v) is 6.51. The number of urea groups is 1. The number of nitrogens with one attached hydrogen (secondary N) is 2. The Balaban J connectivity index is 1.53. The van der Waals surface area contributed by atoms with Gasteiger partial charge in [0.25, 0.3) is 17.7 Å². The maximum atomic E-state index is 13.4. The molecule has 3 aromatic carbocycles. The van der Waals surface area contributed by atoms with Gasteiger partial charge in [-0.15, -0.1) is 0 Å². The van der Waals surface area contributed by atoms with E-state index < -0.39 is 23.8 Å². The summed E-state index contributed by atoms with van der Waals surface area (Å²) in [5.74, 6) is -1.38. The van der Waals surface area contributed by atoms with Crippen LogP contribution in [0, 0.1) is 6.92 Å². The fourth-order valence-corrected chi connectivity index (χ4v) is 4.66. The number of anilines is 2. The van der Waals surface area contributed by atoms with E-state index in [0.29, 0.717) is 23.8 Å². The molecule has 0 radical (unpaired) electrons. The number of hydrogen-bond acceptors (Lipinski definition) is 7. The largest absolute Gasteiger partial charge is 0.493 e. The normalized spacial score (nSPS) is 14.1. The highest BCUT2D eigenvalue weighted by molar-refractivity contribution is 6.40. The van der Waals surface area contributed by atoms with Gasteiger partial charge in [0.2, 0.25) is 0 Å². The second kappa shape index (κ2) is 13.4. The van der Waals surface area contributed by atoms with Crippen LogP contribution in [0.5, 0.6) is 17.2 Å². The lowest BCUT2D eigenvalue weighted by Gasteiger charge is -2.27. The van der Waals surface area contributed by atoms with Crippen molar-refractivity contribution in [2.75, 3.05) is 30.5 Å². The first kappa shape index (κ1) is 30.4. The molecule has 10 nitrogen and oxygen atoms in total. The van der Waals surface area contributed by atoms with Crippen LogP contribution < -0.4 is 29.7 Å². The number of ether oxygens (including phenoxy) is 3. The maximum absolute atomic E-state index is 13.4. The molecule has 1 aliphatic rings.